The van der Waals surface area contributed by atoms with E-state index in [-0.39, 0.29) is 5.56 Å². The molecule has 0 amide bonds. The lowest BCUT2D eigenvalue weighted by Gasteiger charge is -2.32. The predicted octanol–water partition coefficient (Wildman–Crippen LogP) is 2.38. The van der Waals surface area contributed by atoms with Crippen molar-refractivity contribution in [2.75, 3.05) is 42.6 Å². The molecule has 0 bridgehead atoms. The molecule has 26 heavy (non-hydrogen) atoms. The number of ether oxygens (including phenoxy) is 1. The van der Waals surface area contributed by atoms with Gasteiger partial charge in [0.1, 0.15) is 5.82 Å². The molecule has 2 saturated heterocycles. The third kappa shape index (κ3) is 3.46. The smallest absolute Gasteiger partial charge is 0.254 e. The van der Waals surface area contributed by atoms with Crippen molar-refractivity contribution in [3.05, 3.63) is 52.3 Å². The Morgan fingerprint density at radius 1 is 1.19 bits per heavy atom. The number of nitrogens with one attached hydrogen (secondary N) is 1. The van der Waals surface area contributed by atoms with Crippen molar-refractivity contribution in [2.45, 2.75) is 31.7 Å². The van der Waals surface area contributed by atoms with E-state index in [1.54, 1.807) is 6.07 Å². The van der Waals surface area contributed by atoms with Crippen molar-refractivity contribution in [2.24, 2.45) is 0 Å². The lowest BCUT2D eigenvalue weighted by molar-refractivity contribution is 0.122. The first-order valence-electron chi connectivity index (χ1n) is 9.48. The molecular formula is C20H26N4O2. The number of H-pyrrole nitrogens is 1. The zero-order chi connectivity index (χ0) is 17.9. The summed E-state index contributed by atoms with van der Waals surface area (Å²) < 4.78 is 5.41. The minimum absolute atomic E-state index is 0.0884. The molecule has 2 aliphatic rings. The van der Waals surface area contributed by atoms with E-state index >= 15 is 0 Å². The lowest BCUT2D eigenvalue weighted by atomic mass is 9.92. The highest BCUT2D eigenvalue weighted by Gasteiger charge is 2.32. The van der Waals surface area contributed by atoms with Crippen molar-refractivity contribution in [1.82, 2.24) is 9.97 Å². The van der Waals surface area contributed by atoms with Crippen LogP contribution < -0.4 is 15.4 Å². The minimum Gasteiger partial charge on any atom is -0.378 e. The van der Waals surface area contributed by atoms with Gasteiger partial charge < -0.3 is 14.5 Å². The lowest BCUT2D eigenvalue weighted by Crippen LogP contribution is -2.39. The summed E-state index contributed by atoms with van der Waals surface area (Å²) in [6.45, 7) is 6.11. The number of anilines is 2. The summed E-state index contributed by atoms with van der Waals surface area (Å²) >= 11 is 0. The van der Waals surface area contributed by atoms with Gasteiger partial charge in [-0.3, -0.25) is 9.78 Å². The fraction of sp³-hybridized carbons (Fsp3) is 0.500. The van der Waals surface area contributed by atoms with Crippen LogP contribution in [0.15, 0.2) is 41.2 Å². The Morgan fingerprint density at radius 2 is 1.96 bits per heavy atom. The van der Waals surface area contributed by atoms with Crippen molar-refractivity contribution < 1.29 is 4.74 Å². The average Bonchev–Trinajstić information content (AvgIpc) is 3.18. The normalized spacial score (nSPS) is 21.8. The Bertz CT molecular complexity index is 786. The summed E-state index contributed by atoms with van der Waals surface area (Å²) in [7, 11) is 0. The summed E-state index contributed by atoms with van der Waals surface area (Å²) in [4.78, 5) is 24.5. The molecule has 1 aromatic carbocycles. The van der Waals surface area contributed by atoms with E-state index in [2.05, 4.69) is 46.0 Å². The monoisotopic (exact) mass is 354 g/mol. The van der Waals surface area contributed by atoms with Crippen LogP contribution in [0.1, 0.15) is 31.2 Å². The Balaban J connectivity index is 1.61. The van der Waals surface area contributed by atoms with E-state index < -0.39 is 0 Å². The molecule has 1 aromatic heterocycles. The van der Waals surface area contributed by atoms with Gasteiger partial charge in [0.05, 0.1) is 13.2 Å². The fourth-order valence-corrected chi connectivity index (χ4v) is 4.08. The number of nitrogens with zero attached hydrogens (tertiary/aromatic N) is 3. The zero-order valence-corrected chi connectivity index (χ0v) is 15.2. The summed E-state index contributed by atoms with van der Waals surface area (Å²) in [6.07, 6.45) is 2.23. The third-order valence-electron chi connectivity index (χ3n) is 5.52. The molecule has 2 aliphatic heterocycles. The standard InChI is InChI=1S/C20H26N4O2/c1-15(16-6-3-2-4-7-16)17-8-5-9-24(17)20-21-18(14-19(25)22-20)23-10-12-26-13-11-23/h2-4,6-7,14-15,17H,5,8-13H2,1H3,(H,21,22,25)/t15-,17+/m0/s1. The molecule has 138 valence electrons. The Kier molecular flexibility index (Phi) is 4.93. The van der Waals surface area contributed by atoms with Gasteiger partial charge in [-0.2, -0.15) is 4.98 Å². The summed E-state index contributed by atoms with van der Waals surface area (Å²) in [6, 6.07) is 12.5. The summed E-state index contributed by atoms with van der Waals surface area (Å²) in [5, 5.41) is 0. The predicted molar refractivity (Wildman–Crippen MR) is 103 cm³/mol. The van der Waals surface area contributed by atoms with E-state index in [1.807, 2.05) is 6.07 Å². The van der Waals surface area contributed by atoms with Crippen LogP contribution in [-0.4, -0.2) is 48.9 Å². The average molecular weight is 354 g/mol. The van der Waals surface area contributed by atoms with Crippen LogP contribution >= 0.6 is 0 Å². The van der Waals surface area contributed by atoms with E-state index in [0.29, 0.717) is 31.1 Å². The first-order valence-corrected chi connectivity index (χ1v) is 9.48. The first-order chi connectivity index (χ1) is 12.7. The third-order valence-corrected chi connectivity index (χ3v) is 5.52. The summed E-state index contributed by atoms with van der Waals surface area (Å²) in [5.41, 5.74) is 1.24. The number of morpholine rings is 1. The molecule has 2 aromatic rings. The molecule has 2 fully saturated rings. The van der Waals surface area contributed by atoms with Gasteiger partial charge in [0.2, 0.25) is 5.95 Å². The number of rotatable bonds is 4. The van der Waals surface area contributed by atoms with Crippen LogP contribution in [0.25, 0.3) is 0 Å². The second-order valence-corrected chi connectivity index (χ2v) is 7.13. The maximum Gasteiger partial charge on any atom is 0.254 e. The van der Waals surface area contributed by atoms with E-state index in [4.69, 9.17) is 9.72 Å². The van der Waals surface area contributed by atoms with Crippen molar-refractivity contribution in [1.29, 1.82) is 0 Å². The zero-order valence-electron chi connectivity index (χ0n) is 15.2. The van der Waals surface area contributed by atoms with Crippen LogP contribution in [0.2, 0.25) is 0 Å². The molecule has 6 heteroatoms. The molecule has 1 N–H and O–H groups in total. The SMILES string of the molecule is C[C@@H](c1ccccc1)[C@H]1CCCN1c1nc(N2CCOCC2)cc(=O)[nH]1. The van der Waals surface area contributed by atoms with Gasteiger partial charge in [-0.25, -0.2) is 0 Å². The quantitative estimate of drug-likeness (QED) is 0.913. The highest BCUT2D eigenvalue weighted by Crippen LogP contribution is 2.33. The minimum atomic E-state index is -0.0884. The van der Waals surface area contributed by atoms with Gasteiger partial charge in [0.25, 0.3) is 5.56 Å². The molecule has 2 atom stereocenters. The van der Waals surface area contributed by atoms with E-state index in [0.717, 1.165) is 38.3 Å². The maximum atomic E-state index is 12.3. The molecule has 0 unspecified atom stereocenters. The second kappa shape index (κ2) is 7.50. The number of benzene rings is 1. The Hall–Kier alpha value is -2.34. The van der Waals surface area contributed by atoms with Crippen LogP contribution in [0.5, 0.6) is 0 Å². The molecule has 0 saturated carbocycles. The van der Waals surface area contributed by atoms with Crippen molar-refractivity contribution >= 4 is 11.8 Å². The summed E-state index contributed by atoms with van der Waals surface area (Å²) in [5.74, 6) is 1.84. The first kappa shape index (κ1) is 17.1. The van der Waals surface area contributed by atoms with Crippen LogP contribution in [0.4, 0.5) is 11.8 Å². The van der Waals surface area contributed by atoms with E-state index in [9.17, 15) is 4.79 Å². The number of aromatic nitrogens is 2. The van der Waals surface area contributed by atoms with Gasteiger partial charge in [-0.05, 0) is 18.4 Å². The Morgan fingerprint density at radius 3 is 2.73 bits per heavy atom. The van der Waals surface area contributed by atoms with Gasteiger partial charge >= 0.3 is 0 Å². The largest absolute Gasteiger partial charge is 0.378 e. The molecular weight excluding hydrogens is 328 g/mol. The van der Waals surface area contributed by atoms with Crippen molar-refractivity contribution in [3.8, 4) is 0 Å². The molecule has 0 spiro atoms. The molecule has 0 radical (unpaired) electrons. The van der Waals surface area contributed by atoms with Crippen LogP contribution in [0, 0.1) is 0 Å². The highest BCUT2D eigenvalue weighted by atomic mass is 16.5. The maximum absolute atomic E-state index is 12.3. The molecule has 0 aliphatic carbocycles. The molecule has 4 rings (SSSR count). The van der Waals surface area contributed by atoms with Crippen molar-refractivity contribution in [3.63, 3.8) is 0 Å². The topological polar surface area (TPSA) is 61.5 Å². The number of hydrogen-bond acceptors (Lipinski definition) is 5. The van der Waals surface area contributed by atoms with Crippen LogP contribution in [-0.2, 0) is 4.74 Å². The highest BCUT2D eigenvalue weighted by molar-refractivity contribution is 5.46. The fourth-order valence-electron chi connectivity index (χ4n) is 4.08. The van der Waals surface area contributed by atoms with Gasteiger partial charge in [0, 0.05) is 37.7 Å². The second-order valence-electron chi connectivity index (χ2n) is 7.13. The Labute approximate surface area is 153 Å². The number of hydrogen-bond donors (Lipinski definition) is 1. The van der Waals surface area contributed by atoms with Gasteiger partial charge in [-0.1, -0.05) is 37.3 Å². The van der Waals surface area contributed by atoms with Crippen LogP contribution in [0.3, 0.4) is 0 Å². The van der Waals surface area contributed by atoms with Gasteiger partial charge in [0.15, 0.2) is 0 Å². The number of aromatic amines is 1. The molecule has 3 heterocycles. The molecule has 6 nitrogen and oxygen atoms in total. The van der Waals surface area contributed by atoms with Gasteiger partial charge in [-0.15, -0.1) is 0 Å². The van der Waals surface area contributed by atoms with E-state index in [1.165, 1.54) is 5.56 Å².